The van der Waals surface area contributed by atoms with Crippen LogP contribution in [-0.2, 0) is 0 Å². The second-order valence-electron chi connectivity index (χ2n) is 18.5. The lowest BCUT2D eigenvalue weighted by Gasteiger charge is -2.28. The molecular formula is C68H44N2O. The van der Waals surface area contributed by atoms with Crippen molar-refractivity contribution in [2.45, 2.75) is 0 Å². The van der Waals surface area contributed by atoms with Gasteiger partial charge in [-0.2, -0.15) is 0 Å². The molecule has 0 aliphatic rings. The molecular weight excluding hydrogens is 861 g/mol. The molecule has 0 aliphatic carbocycles. The molecule has 0 N–H and O–H groups in total. The second-order valence-corrected chi connectivity index (χ2v) is 18.5. The maximum atomic E-state index is 6.72. The highest BCUT2D eigenvalue weighted by Crippen LogP contribution is 2.44. The van der Waals surface area contributed by atoms with Gasteiger partial charge in [-0.3, -0.25) is 0 Å². The molecule has 14 aromatic rings. The van der Waals surface area contributed by atoms with Crippen molar-refractivity contribution in [1.82, 2.24) is 4.57 Å². The van der Waals surface area contributed by atoms with Crippen LogP contribution in [0.1, 0.15) is 0 Å². The minimum Gasteiger partial charge on any atom is -0.455 e. The molecule has 0 saturated carbocycles. The van der Waals surface area contributed by atoms with E-state index in [1.165, 1.54) is 54.7 Å². The van der Waals surface area contributed by atoms with Crippen LogP contribution in [0.2, 0.25) is 0 Å². The Kier molecular flexibility index (Phi) is 9.53. The molecule has 2 aromatic heterocycles. The molecule has 0 atom stereocenters. The molecule has 0 radical (unpaired) electrons. The third kappa shape index (κ3) is 6.97. The zero-order chi connectivity index (χ0) is 46.8. The summed E-state index contributed by atoms with van der Waals surface area (Å²) in [7, 11) is 0. The Labute approximate surface area is 411 Å². The zero-order valence-electron chi connectivity index (χ0n) is 38.7. The lowest BCUT2D eigenvalue weighted by Crippen LogP contribution is -2.11. The van der Waals surface area contributed by atoms with Gasteiger partial charge in [-0.1, -0.05) is 182 Å². The summed E-state index contributed by atoms with van der Waals surface area (Å²) in [4.78, 5) is 2.39. The number of para-hydroxylation sites is 3. The van der Waals surface area contributed by atoms with Crippen molar-refractivity contribution in [1.29, 1.82) is 0 Å². The number of anilines is 3. The smallest absolute Gasteiger partial charge is 0.143 e. The summed E-state index contributed by atoms with van der Waals surface area (Å²) in [5, 5.41) is 9.54. The van der Waals surface area contributed by atoms with Gasteiger partial charge in [0.1, 0.15) is 11.2 Å². The molecule has 0 amide bonds. The van der Waals surface area contributed by atoms with E-state index in [1.807, 2.05) is 0 Å². The first-order valence-corrected chi connectivity index (χ1v) is 24.3. The predicted molar refractivity (Wildman–Crippen MR) is 299 cm³/mol. The third-order valence-corrected chi connectivity index (χ3v) is 14.4. The van der Waals surface area contributed by atoms with E-state index in [1.54, 1.807) is 0 Å². The van der Waals surface area contributed by atoms with Crippen molar-refractivity contribution in [2.75, 3.05) is 4.90 Å². The number of hydrogen-bond donors (Lipinski definition) is 0. The topological polar surface area (TPSA) is 21.3 Å². The Morgan fingerprint density at radius 1 is 0.296 bits per heavy atom. The molecule has 3 heteroatoms. The van der Waals surface area contributed by atoms with E-state index in [2.05, 4.69) is 276 Å². The molecule has 2 heterocycles. The molecule has 0 fully saturated rings. The maximum Gasteiger partial charge on any atom is 0.143 e. The predicted octanol–water partition coefficient (Wildman–Crippen LogP) is 19.1. The molecule has 0 bridgehead atoms. The van der Waals surface area contributed by atoms with Crippen LogP contribution in [0, 0.1) is 0 Å². The van der Waals surface area contributed by atoms with E-state index in [0.29, 0.717) is 0 Å². The standard InChI is InChI=1S/C68H44N2O/c1-2-15-49-42-53(28-27-45(49)13-1)51-17-11-16-50(41-51)46-29-35-55(36-30-46)69(64-24-8-5-20-58(64)54-34-39-62-63-40-33-48-14-3-4-21-59(48)68(63)71-67(62)44-54)56-37-31-47(32-38-56)52-18-12-19-57(43-52)70-65-25-9-6-22-60(65)61-23-7-10-26-66(61)70/h1-44H. The van der Waals surface area contributed by atoms with Crippen molar-refractivity contribution in [3.63, 3.8) is 0 Å². The monoisotopic (exact) mass is 904 g/mol. The minimum absolute atomic E-state index is 0.873. The maximum absolute atomic E-state index is 6.72. The van der Waals surface area contributed by atoms with Gasteiger partial charge >= 0.3 is 0 Å². The summed E-state index contributed by atoms with van der Waals surface area (Å²) in [6.45, 7) is 0. The highest BCUT2D eigenvalue weighted by atomic mass is 16.3. The summed E-state index contributed by atoms with van der Waals surface area (Å²) in [6.07, 6.45) is 0. The second kappa shape index (κ2) is 16.7. The van der Waals surface area contributed by atoms with Crippen molar-refractivity contribution < 1.29 is 4.42 Å². The Balaban J connectivity index is 0.867. The van der Waals surface area contributed by atoms with Crippen LogP contribution >= 0.6 is 0 Å². The van der Waals surface area contributed by atoms with Gasteiger partial charge in [0.25, 0.3) is 0 Å². The van der Waals surface area contributed by atoms with Crippen LogP contribution in [0.15, 0.2) is 271 Å². The Hall–Kier alpha value is -9.44. The van der Waals surface area contributed by atoms with Gasteiger partial charge < -0.3 is 13.9 Å². The molecule has 0 aliphatic heterocycles. The number of furan rings is 1. The van der Waals surface area contributed by atoms with Crippen LogP contribution in [-0.4, -0.2) is 4.57 Å². The van der Waals surface area contributed by atoms with Gasteiger partial charge in [0.15, 0.2) is 0 Å². The largest absolute Gasteiger partial charge is 0.455 e. The van der Waals surface area contributed by atoms with E-state index in [9.17, 15) is 0 Å². The molecule has 0 unspecified atom stereocenters. The van der Waals surface area contributed by atoms with E-state index < -0.39 is 0 Å². The molecule has 0 saturated heterocycles. The first kappa shape index (κ1) is 40.6. The highest BCUT2D eigenvalue weighted by Gasteiger charge is 2.20. The fourth-order valence-corrected chi connectivity index (χ4v) is 10.9. The van der Waals surface area contributed by atoms with Gasteiger partial charge in [0, 0.05) is 49.6 Å². The number of hydrogen-bond acceptors (Lipinski definition) is 2. The van der Waals surface area contributed by atoms with Crippen LogP contribution in [0.25, 0.3) is 115 Å². The van der Waals surface area contributed by atoms with E-state index in [-0.39, 0.29) is 0 Å². The van der Waals surface area contributed by atoms with Crippen molar-refractivity contribution in [3.05, 3.63) is 267 Å². The lowest BCUT2D eigenvalue weighted by atomic mass is 9.97. The average molecular weight is 905 g/mol. The molecule has 71 heavy (non-hydrogen) atoms. The van der Waals surface area contributed by atoms with Gasteiger partial charge in [0.2, 0.25) is 0 Å². The number of rotatable bonds is 8. The summed E-state index contributed by atoms with van der Waals surface area (Å²) < 4.78 is 9.11. The average Bonchev–Trinajstić information content (AvgIpc) is 4.00. The number of nitrogens with zero attached hydrogens (tertiary/aromatic N) is 2. The van der Waals surface area contributed by atoms with Crippen LogP contribution in [0.4, 0.5) is 17.1 Å². The molecule has 3 nitrogen and oxygen atoms in total. The summed E-state index contributed by atoms with van der Waals surface area (Å²) >= 11 is 0. The first-order chi connectivity index (χ1) is 35.2. The van der Waals surface area contributed by atoms with Crippen molar-refractivity contribution >= 4 is 82.4 Å². The van der Waals surface area contributed by atoms with E-state index in [0.717, 1.165) is 77.9 Å². The zero-order valence-corrected chi connectivity index (χ0v) is 38.7. The summed E-state index contributed by atoms with van der Waals surface area (Å²) in [5.74, 6) is 0. The van der Waals surface area contributed by atoms with Crippen molar-refractivity contribution in [3.8, 4) is 50.2 Å². The normalized spacial score (nSPS) is 11.7. The van der Waals surface area contributed by atoms with Crippen LogP contribution in [0.5, 0.6) is 0 Å². The quantitative estimate of drug-likeness (QED) is 0.151. The molecule has 332 valence electrons. The number of benzene rings is 12. The van der Waals surface area contributed by atoms with Crippen LogP contribution < -0.4 is 4.90 Å². The fraction of sp³-hybridized carbons (Fsp3) is 0. The van der Waals surface area contributed by atoms with Gasteiger partial charge in [-0.25, -0.2) is 0 Å². The Bertz CT molecular complexity index is 4290. The van der Waals surface area contributed by atoms with Gasteiger partial charge in [-0.05, 0) is 140 Å². The summed E-state index contributed by atoms with van der Waals surface area (Å²) in [5.41, 5.74) is 17.8. The third-order valence-electron chi connectivity index (χ3n) is 14.4. The van der Waals surface area contributed by atoms with Gasteiger partial charge in [-0.15, -0.1) is 0 Å². The molecule has 12 aromatic carbocycles. The summed E-state index contributed by atoms with van der Waals surface area (Å²) in [6, 6.07) is 96.7. The van der Waals surface area contributed by atoms with E-state index >= 15 is 0 Å². The number of fused-ring (bicyclic) bond motifs is 9. The fourth-order valence-electron chi connectivity index (χ4n) is 10.9. The number of aromatic nitrogens is 1. The van der Waals surface area contributed by atoms with Crippen molar-refractivity contribution in [2.24, 2.45) is 0 Å². The lowest BCUT2D eigenvalue weighted by molar-refractivity contribution is 0.673. The minimum atomic E-state index is 0.873. The van der Waals surface area contributed by atoms with Crippen LogP contribution in [0.3, 0.4) is 0 Å². The molecule has 0 spiro atoms. The Morgan fingerprint density at radius 3 is 1.55 bits per heavy atom. The van der Waals surface area contributed by atoms with Gasteiger partial charge in [0.05, 0.1) is 16.7 Å². The van der Waals surface area contributed by atoms with E-state index in [4.69, 9.17) is 4.42 Å². The highest BCUT2D eigenvalue weighted by molar-refractivity contribution is 6.15. The molecule has 14 rings (SSSR count). The SMILES string of the molecule is c1cc(-c2ccc(N(c3ccc(-c4cccc(-n5c6ccccc6c6ccccc65)c4)cc3)c3ccccc3-c3ccc4c(c3)oc3c5ccccc5ccc43)cc2)cc(-c2ccc3ccccc3c2)c1. The first-order valence-electron chi connectivity index (χ1n) is 24.3. The Morgan fingerprint density at radius 2 is 0.817 bits per heavy atom.